The van der Waals surface area contributed by atoms with Gasteiger partial charge in [-0.2, -0.15) is 13.2 Å². The van der Waals surface area contributed by atoms with Crippen LogP contribution in [0.3, 0.4) is 0 Å². The lowest BCUT2D eigenvalue weighted by Gasteiger charge is -2.41. The maximum absolute atomic E-state index is 13.4. The number of aryl methyl sites for hydroxylation is 1. The molecule has 1 saturated heterocycles. The lowest BCUT2D eigenvalue weighted by Crippen LogP contribution is -2.53. The fraction of sp³-hybridized carbons (Fsp3) is 0.481. The number of alkyl halides is 3. The Hall–Kier alpha value is -3.63. The Bertz CT molecular complexity index is 1260. The lowest BCUT2D eigenvalue weighted by molar-refractivity contribution is -0.137. The van der Waals surface area contributed by atoms with Gasteiger partial charge in [-0.1, -0.05) is 29.9 Å². The first-order valence-electron chi connectivity index (χ1n) is 12.6. The summed E-state index contributed by atoms with van der Waals surface area (Å²) in [5.41, 5.74) is 0.857. The SMILES string of the molecule is Cc1nnc(CCNC(=O)C2C=CC(c3cccc(C(F)(F)F)c3)=C3CCN(C(=O)NC(C)(C)C)CC32)[nH]1. The molecule has 0 radical (unpaired) electrons. The largest absolute Gasteiger partial charge is 0.416 e. The summed E-state index contributed by atoms with van der Waals surface area (Å²) in [5.74, 6) is 0.213. The van der Waals surface area contributed by atoms with Crippen LogP contribution in [0.1, 0.15) is 50.0 Å². The second-order valence-corrected chi connectivity index (χ2v) is 10.8. The number of carbonyl (C=O) groups is 2. The first-order valence-corrected chi connectivity index (χ1v) is 12.6. The smallest absolute Gasteiger partial charge is 0.355 e. The number of nitrogens with one attached hydrogen (secondary N) is 3. The zero-order valence-electron chi connectivity index (χ0n) is 21.9. The minimum atomic E-state index is -4.46. The number of aromatic nitrogens is 3. The number of fused-ring (bicyclic) bond motifs is 1. The summed E-state index contributed by atoms with van der Waals surface area (Å²) in [6.45, 7) is 8.50. The van der Waals surface area contributed by atoms with Gasteiger partial charge in [0.05, 0.1) is 11.5 Å². The van der Waals surface area contributed by atoms with Gasteiger partial charge in [0.25, 0.3) is 0 Å². The third-order valence-electron chi connectivity index (χ3n) is 6.65. The summed E-state index contributed by atoms with van der Waals surface area (Å²) < 4.78 is 40.2. The minimum absolute atomic E-state index is 0.207. The van der Waals surface area contributed by atoms with Gasteiger partial charge in [-0.05, 0) is 57.4 Å². The molecule has 3 amide bonds. The highest BCUT2D eigenvalue weighted by atomic mass is 19.4. The van der Waals surface area contributed by atoms with Crippen molar-refractivity contribution in [3.63, 3.8) is 0 Å². The Balaban J connectivity index is 1.59. The van der Waals surface area contributed by atoms with E-state index in [4.69, 9.17) is 0 Å². The van der Waals surface area contributed by atoms with Crippen molar-refractivity contribution in [2.75, 3.05) is 19.6 Å². The third-order valence-corrected chi connectivity index (χ3v) is 6.65. The molecule has 1 fully saturated rings. The molecule has 8 nitrogen and oxygen atoms in total. The van der Waals surface area contributed by atoms with Crippen LogP contribution in [0.25, 0.3) is 5.57 Å². The van der Waals surface area contributed by atoms with E-state index in [-0.39, 0.29) is 24.4 Å². The van der Waals surface area contributed by atoms with Crippen molar-refractivity contribution < 1.29 is 22.8 Å². The predicted molar refractivity (Wildman–Crippen MR) is 137 cm³/mol. The summed E-state index contributed by atoms with van der Waals surface area (Å²) in [6, 6.07) is 5.00. The number of benzene rings is 1. The summed E-state index contributed by atoms with van der Waals surface area (Å²) in [6.07, 6.45) is -0.0394. The molecule has 2 aliphatic rings. The molecule has 1 aromatic carbocycles. The van der Waals surface area contributed by atoms with Crippen LogP contribution in [0, 0.1) is 18.8 Å². The number of H-pyrrole nitrogens is 1. The zero-order valence-corrected chi connectivity index (χ0v) is 21.9. The molecule has 0 bridgehead atoms. The van der Waals surface area contributed by atoms with Gasteiger partial charge in [-0.3, -0.25) is 4.79 Å². The standard InChI is InChI=1S/C27H33F3N6O2/c1-16-32-23(35-34-16)10-12-31-24(37)21-9-8-19(17-6-5-7-18(14-17)27(28,29)30)20-11-13-36(15-22(20)21)25(38)33-26(2,3)4/h5-9,14,21-22H,10-13,15H2,1-4H3,(H,31,37)(H,33,38)(H,32,34,35). The van der Waals surface area contributed by atoms with Gasteiger partial charge in [-0.15, -0.1) is 10.2 Å². The number of carbonyl (C=O) groups excluding carboxylic acids is 2. The molecular formula is C27H33F3N6O2. The maximum Gasteiger partial charge on any atom is 0.416 e. The van der Waals surface area contributed by atoms with Crippen LogP contribution in [0.4, 0.5) is 18.0 Å². The topological polar surface area (TPSA) is 103 Å². The molecule has 0 saturated carbocycles. The molecule has 1 aromatic heterocycles. The van der Waals surface area contributed by atoms with Gasteiger partial charge >= 0.3 is 12.2 Å². The van der Waals surface area contributed by atoms with Crippen molar-refractivity contribution in [3.05, 3.63) is 64.8 Å². The molecule has 1 aliphatic carbocycles. The summed E-state index contributed by atoms with van der Waals surface area (Å²) in [5, 5.41) is 13.8. The Morgan fingerprint density at radius 3 is 2.61 bits per heavy atom. The fourth-order valence-corrected chi connectivity index (χ4v) is 4.91. The molecule has 3 N–H and O–H groups in total. The lowest BCUT2D eigenvalue weighted by atomic mass is 9.73. The molecule has 2 aromatic rings. The van der Waals surface area contributed by atoms with E-state index in [9.17, 15) is 22.8 Å². The van der Waals surface area contributed by atoms with Crippen LogP contribution < -0.4 is 10.6 Å². The number of aromatic amines is 1. The summed E-state index contributed by atoms with van der Waals surface area (Å²) >= 11 is 0. The van der Waals surface area contributed by atoms with Crippen molar-refractivity contribution in [1.29, 1.82) is 0 Å². The molecule has 2 unspecified atom stereocenters. The van der Waals surface area contributed by atoms with Crippen LogP contribution in [-0.2, 0) is 17.4 Å². The number of urea groups is 1. The summed E-state index contributed by atoms with van der Waals surface area (Å²) in [7, 11) is 0. The molecule has 204 valence electrons. The number of allylic oxidation sites excluding steroid dienone is 2. The van der Waals surface area contributed by atoms with Crippen molar-refractivity contribution in [1.82, 2.24) is 30.7 Å². The number of amides is 3. The van der Waals surface area contributed by atoms with E-state index in [1.165, 1.54) is 6.07 Å². The first-order chi connectivity index (χ1) is 17.8. The zero-order chi connectivity index (χ0) is 27.7. The fourth-order valence-electron chi connectivity index (χ4n) is 4.91. The highest BCUT2D eigenvalue weighted by Crippen LogP contribution is 2.41. The van der Waals surface area contributed by atoms with E-state index in [2.05, 4.69) is 25.8 Å². The van der Waals surface area contributed by atoms with Crippen molar-refractivity contribution in [2.24, 2.45) is 11.8 Å². The molecule has 2 heterocycles. The number of hydrogen-bond donors (Lipinski definition) is 3. The molecule has 4 rings (SSSR count). The molecule has 38 heavy (non-hydrogen) atoms. The number of nitrogens with zero attached hydrogens (tertiary/aromatic N) is 3. The molecular weight excluding hydrogens is 497 g/mol. The Kier molecular flexibility index (Phi) is 7.66. The van der Waals surface area contributed by atoms with Gasteiger partial charge in [0, 0.05) is 37.5 Å². The van der Waals surface area contributed by atoms with Crippen LogP contribution in [0.2, 0.25) is 0 Å². The highest BCUT2D eigenvalue weighted by molar-refractivity contribution is 5.87. The highest BCUT2D eigenvalue weighted by Gasteiger charge is 2.39. The van der Waals surface area contributed by atoms with Gasteiger partial charge < -0.3 is 20.5 Å². The van der Waals surface area contributed by atoms with Crippen molar-refractivity contribution in [3.8, 4) is 0 Å². The maximum atomic E-state index is 13.4. The van der Waals surface area contributed by atoms with Gasteiger partial charge in [0.2, 0.25) is 5.91 Å². The van der Waals surface area contributed by atoms with E-state index in [1.54, 1.807) is 30.0 Å². The van der Waals surface area contributed by atoms with E-state index in [0.717, 1.165) is 17.7 Å². The first kappa shape index (κ1) is 27.4. The number of likely N-dealkylation sites (tertiary alicyclic amines) is 1. The third kappa shape index (κ3) is 6.43. The average molecular weight is 531 g/mol. The Morgan fingerprint density at radius 2 is 1.95 bits per heavy atom. The normalized spacial score (nSPS) is 19.8. The molecule has 0 spiro atoms. The van der Waals surface area contributed by atoms with E-state index < -0.39 is 23.2 Å². The number of halogens is 3. The quantitative estimate of drug-likeness (QED) is 0.538. The van der Waals surface area contributed by atoms with E-state index in [0.29, 0.717) is 48.7 Å². The Morgan fingerprint density at radius 1 is 1.18 bits per heavy atom. The second-order valence-electron chi connectivity index (χ2n) is 10.8. The van der Waals surface area contributed by atoms with Crippen LogP contribution in [0.5, 0.6) is 0 Å². The number of rotatable bonds is 5. The molecule has 2 atom stereocenters. The van der Waals surface area contributed by atoms with Crippen molar-refractivity contribution >= 4 is 17.5 Å². The molecule has 1 aliphatic heterocycles. The average Bonchev–Trinajstić information content (AvgIpc) is 3.26. The number of piperidine rings is 1. The van der Waals surface area contributed by atoms with Gasteiger partial charge in [0.1, 0.15) is 11.6 Å². The summed E-state index contributed by atoms with van der Waals surface area (Å²) in [4.78, 5) is 30.9. The van der Waals surface area contributed by atoms with E-state index in [1.807, 2.05) is 20.8 Å². The van der Waals surface area contributed by atoms with Gasteiger partial charge in [-0.25, -0.2) is 4.79 Å². The predicted octanol–water partition coefficient (Wildman–Crippen LogP) is 4.26. The van der Waals surface area contributed by atoms with Crippen molar-refractivity contribution in [2.45, 2.75) is 52.3 Å². The van der Waals surface area contributed by atoms with Gasteiger partial charge in [0.15, 0.2) is 0 Å². The minimum Gasteiger partial charge on any atom is -0.355 e. The number of hydrogen-bond acceptors (Lipinski definition) is 4. The van der Waals surface area contributed by atoms with Crippen LogP contribution in [0.15, 0.2) is 42.0 Å². The Labute approximate surface area is 219 Å². The van der Waals surface area contributed by atoms with E-state index >= 15 is 0 Å². The monoisotopic (exact) mass is 530 g/mol. The second kappa shape index (κ2) is 10.6. The molecule has 11 heteroatoms. The van der Waals surface area contributed by atoms with Crippen LogP contribution >= 0.6 is 0 Å². The van der Waals surface area contributed by atoms with Crippen LogP contribution in [-0.4, -0.2) is 57.2 Å².